The van der Waals surface area contributed by atoms with E-state index in [9.17, 15) is 19.6 Å². The van der Waals surface area contributed by atoms with Crippen molar-refractivity contribution in [1.82, 2.24) is 10.2 Å². The van der Waals surface area contributed by atoms with E-state index in [1.165, 1.54) is 4.90 Å². The average Bonchev–Trinajstić information content (AvgIpc) is 3.15. The molecule has 2 atom stereocenters. The number of hydrogen-bond acceptors (Lipinski definition) is 6. The fourth-order valence-electron chi connectivity index (χ4n) is 3.41. The lowest BCUT2D eigenvalue weighted by Gasteiger charge is -2.23. The molecular weight excluding hydrogens is 399 g/mol. The van der Waals surface area contributed by atoms with Crippen molar-refractivity contribution in [3.05, 3.63) is 71.5 Å². The van der Waals surface area contributed by atoms with E-state index >= 15 is 0 Å². The number of nitrogens with one attached hydrogen (secondary N) is 1. The number of rotatable bonds is 8. The Balaban J connectivity index is 1.80. The normalized spacial score (nSPS) is 12.9. The van der Waals surface area contributed by atoms with Crippen molar-refractivity contribution in [2.45, 2.75) is 25.5 Å². The summed E-state index contributed by atoms with van der Waals surface area (Å²) in [5.74, 6) is -1.31. The van der Waals surface area contributed by atoms with E-state index in [0.29, 0.717) is 16.7 Å². The van der Waals surface area contributed by atoms with Gasteiger partial charge in [-0.05, 0) is 24.6 Å². The molecule has 2 aromatic carbocycles. The topological polar surface area (TPSA) is 112 Å². The molecule has 9 heteroatoms. The molecule has 0 aliphatic rings. The van der Waals surface area contributed by atoms with E-state index < -0.39 is 25.4 Å². The van der Waals surface area contributed by atoms with Crippen molar-refractivity contribution >= 4 is 30.1 Å². The van der Waals surface area contributed by atoms with Crippen LogP contribution in [0.15, 0.2) is 59.2 Å². The maximum absolute atomic E-state index is 13.0. The highest BCUT2D eigenvalue weighted by Crippen LogP contribution is 2.24. The third kappa shape index (κ3) is 5.32. The van der Waals surface area contributed by atoms with E-state index in [1.807, 2.05) is 24.3 Å². The lowest BCUT2D eigenvalue weighted by molar-refractivity contribution is -0.125. The quantitative estimate of drug-likeness (QED) is 0.376. The Kier molecular flexibility index (Phi) is 7.11. The fourth-order valence-corrected chi connectivity index (χ4v) is 3.41. The number of amides is 2. The number of nitrogens with zero attached hydrogens (tertiary/aromatic N) is 1. The number of benzene rings is 2. The summed E-state index contributed by atoms with van der Waals surface area (Å²) >= 11 is 0. The summed E-state index contributed by atoms with van der Waals surface area (Å²) in [6, 6.07) is 14.3. The first kappa shape index (κ1) is 22.5. The summed E-state index contributed by atoms with van der Waals surface area (Å²) in [4.78, 5) is 26.9. The molecule has 0 bridgehead atoms. The summed E-state index contributed by atoms with van der Waals surface area (Å²) in [6.45, 7) is 1.68. The van der Waals surface area contributed by atoms with Gasteiger partial charge >= 0.3 is 7.32 Å². The van der Waals surface area contributed by atoms with Crippen molar-refractivity contribution in [2.75, 3.05) is 14.1 Å². The van der Waals surface area contributed by atoms with Gasteiger partial charge in [-0.15, -0.1) is 0 Å². The third-order valence-corrected chi connectivity index (χ3v) is 5.01. The first-order valence-corrected chi connectivity index (χ1v) is 9.85. The highest BCUT2D eigenvalue weighted by Gasteiger charge is 2.27. The minimum Gasteiger partial charge on any atom is -0.464 e. The van der Waals surface area contributed by atoms with Crippen molar-refractivity contribution in [3.8, 4) is 0 Å². The van der Waals surface area contributed by atoms with Gasteiger partial charge < -0.3 is 29.3 Å². The number of para-hydroxylation sites is 1. The maximum atomic E-state index is 13.0. The Hall–Kier alpha value is -3.14. The molecule has 1 aromatic heterocycles. The minimum absolute atomic E-state index is 0.158. The standard InChI is InChI=1S/C22H25BN2O6/c1-14(16-8-4-5-10-18(16)22(27)25(2)3)21(26)24-20(31-23(28)29)12-15-13-30-19-11-7-6-9-17(15)19/h4-11,13-14,20,28-29H,12H2,1-3H3,(H,24,26)/t14-,20-/m1/s1. The number of carbonyl (C=O) groups is 2. The predicted molar refractivity (Wildman–Crippen MR) is 116 cm³/mol. The second kappa shape index (κ2) is 9.78. The van der Waals surface area contributed by atoms with E-state index in [2.05, 4.69) is 5.32 Å². The largest absolute Gasteiger partial charge is 0.635 e. The Morgan fingerprint density at radius 1 is 1.13 bits per heavy atom. The summed E-state index contributed by atoms with van der Waals surface area (Å²) in [7, 11) is 1.22. The van der Waals surface area contributed by atoms with Gasteiger partial charge in [0.25, 0.3) is 5.91 Å². The molecule has 0 saturated heterocycles. The second-order valence-electron chi connectivity index (χ2n) is 7.43. The smallest absolute Gasteiger partial charge is 0.464 e. The van der Waals surface area contributed by atoms with Gasteiger partial charge in [0.2, 0.25) is 5.91 Å². The number of hydrogen-bond donors (Lipinski definition) is 3. The highest BCUT2D eigenvalue weighted by atomic mass is 16.6. The Morgan fingerprint density at radius 3 is 2.52 bits per heavy atom. The summed E-state index contributed by atoms with van der Waals surface area (Å²) in [5, 5.41) is 22.2. The zero-order valence-electron chi connectivity index (χ0n) is 17.6. The average molecular weight is 424 g/mol. The minimum atomic E-state index is -2.07. The van der Waals surface area contributed by atoms with Gasteiger partial charge in [-0.2, -0.15) is 0 Å². The van der Waals surface area contributed by atoms with Crippen LogP contribution >= 0.6 is 0 Å². The van der Waals surface area contributed by atoms with Crippen LogP contribution in [0.5, 0.6) is 0 Å². The molecule has 162 valence electrons. The van der Waals surface area contributed by atoms with Gasteiger partial charge in [-0.3, -0.25) is 9.59 Å². The van der Waals surface area contributed by atoms with Crippen LogP contribution in [-0.2, 0) is 15.9 Å². The number of furan rings is 1. The Labute approximate surface area is 180 Å². The van der Waals surface area contributed by atoms with Crippen molar-refractivity contribution < 1.29 is 28.7 Å². The van der Waals surface area contributed by atoms with E-state index in [-0.39, 0.29) is 12.3 Å². The van der Waals surface area contributed by atoms with Gasteiger partial charge in [-0.1, -0.05) is 36.4 Å². The van der Waals surface area contributed by atoms with Crippen LogP contribution < -0.4 is 5.32 Å². The molecule has 0 unspecified atom stereocenters. The number of fused-ring (bicyclic) bond motifs is 1. The maximum Gasteiger partial charge on any atom is 0.635 e. The van der Waals surface area contributed by atoms with Crippen LogP contribution in [0, 0.1) is 0 Å². The van der Waals surface area contributed by atoms with Crippen LogP contribution in [-0.4, -0.2) is 54.4 Å². The second-order valence-corrected chi connectivity index (χ2v) is 7.43. The van der Waals surface area contributed by atoms with Crippen LogP contribution in [0.3, 0.4) is 0 Å². The van der Waals surface area contributed by atoms with Gasteiger partial charge in [0.1, 0.15) is 11.8 Å². The Morgan fingerprint density at radius 2 is 1.81 bits per heavy atom. The molecule has 2 amide bonds. The highest BCUT2D eigenvalue weighted by molar-refractivity contribution is 6.32. The molecule has 8 nitrogen and oxygen atoms in total. The predicted octanol–water partition coefficient (Wildman–Crippen LogP) is 1.91. The first-order valence-electron chi connectivity index (χ1n) is 9.85. The molecule has 3 aromatic rings. The zero-order chi connectivity index (χ0) is 22.5. The third-order valence-electron chi connectivity index (χ3n) is 5.01. The van der Waals surface area contributed by atoms with E-state index in [1.54, 1.807) is 51.5 Å². The van der Waals surface area contributed by atoms with Gasteiger partial charge in [0.15, 0.2) is 0 Å². The van der Waals surface area contributed by atoms with Crippen LogP contribution in [0.1, 0.15) is 34.3 Å². The van der Waals surface area contributed by atoms with Crippen molar-refractivity contribution in [1.29, 1.82) is 0 Å². The van der Waals surface area contributed by atoms with Crippen molar-refractivity contribution in [3.63, 3.8) is 0 Å². The molecule has 3 rings (SSSR count). The van der Waals surface area contributed by atoms with Crippen LogP contribution in [0.25, 0.3) is 11.0 Å². The van der Waals surface area contributed by atoms with Gasteiger partial charge in [-0.25, -0.2) is 0 Å². The van der Waals surface area contributed by atoms with Crippen LogP contribution in [0.4, 0.5) is 0 Å². The van der Waals surface area contributed by atoms with Crippen molar-refractivity contribution in [2.24, 2.45) is 0 Å². The molecule has 0 aliphatic heterocycles. The summed E-state index contributed by atoms with van der Waals surface area (Å²) in [5.41, 5.74) is 2.42. The van der Waals surface area contributed by atoms with Crippen LogP contribution in [0.2, 0.25) is 0 Å². The lowest BCUT2D eigenvalue weighted by atomic mass is 9.94. The first-order chi connectivity index (χ1) is 14.8. The van der Waals surface area contributed by atoms with E-state index in [0.717, 1.165) is 10.9 Å². The molecule has 1 heterocycles. The molecule has 0 radical (unpaired) electrons. The molecule has 0 fully saturated rings. The Bertz CT molecular complexity index is 1060. The monoisotopic (exact) mass is 424 g/mol. The molecule has 3 N–H and O–H groups in total. The fraction of sp³-hybridized carbons (Fsp3) is 0.273. The number of carbonyl (C=O) groups excluding carboxylic acids is 2. The molecule has 31 heavy (non-hydrogen) atoms. The summed E-state index contributed by atoms with van der Waals surface area (Å²) in [6.07, 6.45) is 0.684. The molecule has 0 saturated carbocycles. The zero-order valence-corrected chi connectivity index (χ0v) is 17.6. The van der Waals surface area contributed by atoms with E-state index in [4.69, 9.17) is 9.07 Å². The molecule has 0 spiro atoms. The SMILES string of the molecule is C[C@@H](C(=O)N[C@@H](Cc1coc2ccccc12)OB(O)O)c1ccccc1C(=O)N(C)C. The van der Waals surface area contributed by atoms with Gasteiger partial charge in [0.05, 0.1) is 12.2 Å². The summed E-state index contributed by atoms with van der Waals surface area (Å²) < 4.78 is 10.6. The lowest BCUT2D eigenvalue weighted by Crippen LogP contribution is -2.44. The molecule has 0 aliphatic carbocycles. The van der Waals surface area contributed by atoms with Gasteiger partial charge in [0, 0.05) is 37.0 Å². The molecular formula is C22H25BN2O6.